The number of hydrogen-bond donors (Lipinski definition) is 1. The molecule has 0 aromatic heterocycles. The van der Waals surface area contributed by atoms with Crippen LogP contribution < -0.4 is 5.32 Å². The Morgan fingerprint density at radius 2 is 1.78 bits per heavy atom. The number of anilines is 1. The van der Waals surface area contributed by atoms with Crippen LogP contribution in [0.15, 0.2) is 30.0 Å². The highest BCUT2D eigenvalue weighted by molar-refractivity contribution is 5.91. The fourth-order valence-corrected chi connectivity index (χ4v) is 7.92. The third-order valence-corrected chi connectivity index (χ3v) is 9.95. The molecule has 6 heteroatoms. The van der Waals surface area contributed by atoms with Gasteiger partial charge in [0.2, 0.25) is 0 Å². The minimum Gasteiger partial charge on any atom is -0.500 e. The molecule has 2 fully saturated rings. The number of hydrogen-bond acceptors (Lipinski definition) is 3. The van der Waals surface area contributed by atoms with Crippen molar-refractivity contribution in [2.24, 2.45) is 28.6 Å². The molecule has 3 aliphatic carbocycles. The molecule has 206 valence electrons. The van der Waals surface area contributed by atoms with Gasteiger partial charge in [0.25, 0.3) is 0 Å². The van der Waals surface area contributed by atoms with Crippen LogP contribution >= 0.6 is 0 Å². The van der Waals surface area contributed by atoms with Gasteiger partial charge >= 0.3 is 6.18 Å². The average Bonchev–Trinajstić information content (AvgIpc) is 3.21. The molecule has 4 rings (SSSR count). The molecule has 37 heavy (non-hydrogen) atoms. The molecule has 0 amide bonds. The lowest BCUT2D eigenvalue weighted by molar-refractivity contribution is -0.137. The summed E-state index contributed by atoms with van der Waals surface area (Å²) in [5, 5.41) is 3.44. The lowest BCUT2D eigenvalue weighted by Gasteiger charge is -2.53. The minimum atomic E-state index is -4.37. The largest absolute Gasteiger partial charge is 0.500 e. The molecule has 0 saturated heterocycles. The number of benzene rings is 1. The zero-order chi connectivity index (χ0) is 27.2. The molecule has 1 aromatic carbocycles. The van der Waals surface area contributed by atoms with E-state index in [9.17, 15) is 18.0 Å². The van der Waals surface area contributed by atoms with Gasteiger partial charge in [0, 0.05) is 30.1 Å². The standard InChI is InChI=1S/C31H44F3NO2/c1-28(2,3)25-10-9-20(31(32,33)34)18-26(25)35-17-13-22-23-8-7-14-29(23,4)15-12-24(22)30(5)16-11-21(36)19-27(30)37-6/h9-10,18-19,22-24,35H,7-8,11-17H2,1-6H3/t22?,23-,24?,29-,30+/m0/s1. The quantitative estimate of drug-likeness (QED) is 0.409. The minimum absolute atomic E-state index is 0.133. The van der Waals surface area contributed by atoms with Crippen LogP contribution in [0.3, 0.4) is 0 Å². The van der Waals surface area contributed by atoms with Crippen molar-refractivity contribution in [3.63, 3.8) is 0 Å². The van der Waals surface area contributed by atoms with Gasteiger partial charge in [0.05, 0.1) is 12.7 Å². The Balaban J connectivity index is 1.62. The van der Waals surface area contributed by atoms with Crippen LogP contribution in [-0.2, 0) is 21.1 Å². The first-order valence-corrected chi connectivity index (χ1v) is 13.9. The van der Waals surface area contributed by atoms with E-state index in [4.69, 9.17) is 4.74 Å². The lowest BCUT2D eigenvalue weighted by atomic mass is 9.52. The molecule has 2 saturated carbocycles. The van der Waals surface area contributed by atoms with E-state index in [1.807, 2.05) is 20.8 Å². The molecule has 0 heterocycles. The highest BCUT2D eigenvalue weighted by Gasteiger charge is 2.54. The highest BCUT2D eigenvalue weighted by Crippen LogP contribution is 2.62. The van der Waals surface area contributed by atoms with E-state index in [1.54, 1.807) is 19.3 Å². The normalized spacial score (nSPS) is 32.6. The number of allylic oxidation sites excluding steroid dienone is 2. The van der Waals surface area contributed by atoms with E-state index in [0.717, 1.165) is 30.6 Å². The van der Waals surface area contributed by atoms with E-state index in [0.29, 0.717) is 41.8 Å². The predicted molar refractivity (Wildman–Crippen MR) is 142 cm³/mol. The lowest BCUT2D eigenvalue weighted by Crippen LogP contribution is -2.47. The first kappa shape index (κ1) is 28.0. The zero-order valence-corrected chi connectivity index (χ0v) is 23.4. The highest BCUT2D eigenvalue weighted by atomic mass is 19.4. The number of ketones is 1. The van der Waals surface area contributed by atoms with Crippen molar-refractivity contribution in [1.29, 1.82) is 0 Å². The summed E-state index contributed by atoms with van der Waals surface area (Å²) in [5.41, 5.74) is 0.723. The monoisotopic (exact) mass is 519 g/mol. The van der Waals surface area contributed by atoms with E-state index in [2.05, 4.69) is 19.2 Å². The van der Waals surface area contributed by atoms with Crippen molar-refractivity contribution >= 4 is 11.5 Å². The molecule has 1 N–H and O–H groups in total. The molecule has 1 aromatic rings. The molecule has 0 spiro atoms. The van der Waals surface area contributed by atoms with Gasteiger partial charge in [-0.25, -0.2) is 0 Å². The van der Waals surface area contributed by atoms with Crippen LogP contribution in [0.25, 0.3) is 0 Å². The number of rotatable bonds is 6. The van der Waals surface area contributed by atoms with Crippen LogP contribution in [0.5, 0.6) is 0 Å². The van der Waals surface area contributed by atoms with Crippen molar-refractivity contribution in [3.05, 3.63) is 41.2 Å². The van der Waals surface area contributed by atoms with Crippen molar-refractivity contribution in [3.8, 4) is 0 Å². The fraction of sp³-hybridized carbons (Fsp3) is 0.710. The van der Waals surface area contributed by atoms with E-state index in [1.165, 1.54) is 37.8 Å². The first-order chi connectivity index (χ1) is 17.2. The number of ether oxygens (including phenoxy) is 1. The van der Waals surface area contributed by atoms with E-state index in [-0.39, 0.29) is 16.6 Å². The van der Waals surface area contributed by atoms with Gasteiger partial charge in [-0.2, -0.15) is 13.2 Å². The SMILES string of the molecule is COC1=CC(=O)CC[C@]1(C)C1CC[C@]2(C)CCC[C@H]2C1CCNc1cc(C(F)(F)F)ccc1C(C)(C)C. The average molecular weight is 520 g/mol. The van der Waals surface area contributed by atoms with Crippen LogP contribution in [0.4, 0.5) is 18.9 Å². The molecule has 0 aliphatic heterocycles. The number of nitrogens with one attached hydrogen (secondary N) is 1. The molecule has 3 nitrogen and oxygen atoms in total. The second-order valence-corrected chi connectivity index (χ2v) is 13.3. The van der Waals surface area contributed by atoms with Crippen LogP contribution in [0.2, 0.25) is 0 Å². The van der Waals surface area contributed by atoms with Gasteiger partial charge in [-0.3, -0.25) is 4.79 Å². The number of halogens is 3. The van der Waals surface area contributed by atoms with Crippen molar-refractivity contribution < 1.29 is 22.7 Å². The molecule has 0 bridgehead atoms. The maximum absolute atomic E-state index is 13.5. The summed E-state index contributed by atoms with van der Waals surface area (Å²) in [4.78, 5) is 12.2. The Labute approximate surface area is 220 Å². The van der Waals surface area contributed by atoms with Crippen LogP contribution in [0.1, 0.15) is 97.1 Å². The summed E-state index contributed by atoms with van der Waals surface area (Å²) in [7, 11) is 1.67. The van der Waals surface area contributed by atoms with Crippen LogP contribution in [0, 0.1) is 28.6 Å². The number of alkyl halides is 3. The summed E-state index contributed by atoms with van der Waals surface area (Å²) < 4.78 is 46.4. The molecule has 0 radical (unpaired) electrons. The molecule has 3 aliphatic rings. The summed E-state index contributed by atoms with van der Waals surface area (Å²) in [6.07, 6.45) is 5.55. The maximum atomic E-state index is 13.5. The van der Waals surface area contributed by atoms with Gasteiger partial charge in [-0.05, 0) is 84.8 Å². The summed E-state index contributed by atoms with van der Waals surface area (Å²) >= 11 is 0. The molecular formula is C31H44F3NO2. The van der Waals surface area contributed by atoms with E-state index < -0.39 is 11.7 Å². The molecular weight excluding hydrogens is 475 g/mol. The second-order valence-electron chi connectivity index (χ2n) is 13.3. The Morgan fingerprint density at radius 3 is 2.43 bits per heavy atom. The molecule has 5 atom stereocenters. The van der Waals surface area contributed by atoms with Gasteiger partial charge < -0.3 is 10.1 Å². The number of carbonyl (C=O) groups is 1. The smallest absolute Gasteiger partial charge is 0.416 e. The summed E-state index contributed by atoms with van der Waals surface area (Å²) in [6.45, 7) is 11.4. The predicted octanol–water partition coefficient (Wildman–Crippen LogP) is 8.54. The zero-order valence-electron chi connectivity index (χ0n) is 23.4. The Morgan fingerprint density at radius 1 is 1.05 bits per heavy atom. The van der Waals surface area contributed by atoms with Crippen molar-refractivity contribution in [1.82, 2.24) is 0 Å². The van der Waals surface area contributed by atoms with Gasteiger partial charge in [-0.1, -0.05) is 47.1 Å². The number of carbonyl (C=O) groups excluding carboxylic acids is 1. The summed E-state index contributed by atoms with van der Waals surface area (Å²) in [5.74, 6) is 2.33. The fourth-order valence-electron chi connectivity index (χ4n) is 7.92. The number of methoxy groups -OCH3 is 1. The third-order valence-electron chi connectivity index (χ3n) is 9.95. The summed E-state index contributed by atoms with van der Waals surface area (Å²) in [6, 6.07) is 4.09. The van der Waals surface area contributed by atoms with Gasteiger partial charge in [0.15, 0.2) is 5.78 Å². The first-order valence-electron chi connectivity index (χ1n) is 13.9. The maximum Gasteiger partial charge on any atom is 0.416 e. The second kappa shape index (κ2) is 9.96. The van der Waals surface area contributed by atoms with Crippen molar-refractivity contribution in [2.75, 3.05) is 19.0 Å². The van der Waals surface area contributed by atoms with Crippen LogP contribution in [-0.4, -0.2) is 19.4 Å². The van der Waals surface area contributed by atoms with Gasteiger partial charge in [-0.15, -0.1) is 0 Å². The Bertz CT molecular complexity index is 1040. The molecule has 2 unspecified atom stereocenters. The topological polar surface area (TPSA) is 38.3 Å². The van der Waals surface area contributed by atoms with E-state index >= 15 is 0 Å². The third kappa shape index (κ3) is 5.45. The Hall–Kier alpha value is -1.98. The van der Waals surface area contributed by atoms with Gasteiger partial charge in [0.1, 0.15) is 5.76 Å². The number of fused-ring (bicyclic) bond motifs is 1. The Kier molecular flexibility index (Phi) is 7.55. The van der Waals surface area contributed by atoms with Crippen molar-refractivity contribution in [2.45, 2.75) is 97.6 Å².